The van der Waals surface area contributed by atoms with Crippen molar-refractivity contribution in [3.63, 3.8) is 0 Å². The van der Waals surface area contributed by atoms with Crippen LogP contribution in [0.5, 0.6) is 0 Å². The maximum Gasteiger partial charge on any atom is 0.313 e. The van der Waals surface area contributed by atoms with Crippen LogP contribution in [0.2, 0.25) is 0 Å². The summed E-state index contributed by atoms with van der Waals surface area (Å²) in [5.41, 5.74) is 1.12. The Hall–Kier alpha value is -1.01. The summed E-state index contributed by atoms with van der Waals surface area (Å²) in [6.45, 7) is 2.50. The molecule has 0 aliphatic carbocycles. The van der Waals surface area contributed by atoms with Gasteiger partial charge in [0.15, 0.2) is 0 Å². The molecule has 4 nitrogen and oxygen atoms in total. The lowest BCUT2D eigenvalue weighted by atomic mass is 9.96. The predicted octanol–water partition coefficient (Wildman–Crippen LogP) is 2.95. The highest BCUT2D eigenvalue weighted by Crippen LogP contribution is 2.21. The molecule has 1 unspecified atom stereocenters. The fraction of sp³-hybridized carbons (Fsp3) is 0.467. The second-order valence-corrected chi connectivity index (χ2v) is 6.60. The summed E-state index contributed by atoms with van der Waals surface area (Å²) in [7, 11) is 0. The molecule has 0 saturated carbocycles. The second kappa shape index (κ2) is 9.84. The lowest BCUT2D eigenvalue weighted by Crippen LogP contribution is -2.33. The topological polar surface area (TPSA) is 66.4 Å². The number of carbonyl (C=O) groups excluding carboxylic acids is 1. The maximum absolute atomic E-state index is 12.1. The molecule has 0 bridgehead atoms. The van der Waals surface area contributed by atoms with Crippen molar-refractivity contribution >= 4 is 39.6 Å². The number of carboxylic acids is 1. The SMILES string of the molecule is CCC(Cc1ccccc1Br)C(=O)NCCSCC(=O)O. The number of hydrogen-bond acceptors (Lipinski definition) is 3. The molecule has 1 aromatic rings. The van der Waals surface area contributed by atoms with E-state index in [0.29, 0.717) is 18.7 Å². The first-order valence-corrected chi connectivity index (χ1v) is 8.80. The first-order valence-electron chi connectivity index (χ1n) is 6.85. The fourth-order valence-corrected chi connectivity index (χ4v) is 2.91. The molecular weight excluding hydrogens is 354 g/mol. The van der Waals surface area contributed by atoms with Crippen LogP contribution in [0, 0.1) is 5.92 Å². The number of amides is 1. The van der Waals surface area contributed by atoms with E-state index < -0.39 is 5.97 Å². The van der Waals surface area contributed by atoms with E-state index in [2.05, 4.69) is 21.2 Å². The van der Waals surface area contributed by atoms with Gasteiger partial charge in [0.1, 0.15) is 0 Å². The summed E-state index contributed by atoms with van der Waals surface area (Å²) in [5.74, 6) is -0.169. The normalized spacial score (nSPS) is 11.9. The molecule has 0 aliphatic rings. The van der Waals surface area contributed by atoms with Crippen LogP contribution >= 0.6 is 27.7 Å². The van der Waals surface area contributed by atoms with Crippen molar-refractivity contribution in [2.45, 2.75) is 19.8 Å². The van der Waals surface area contributed by atoms with Crippen LogP contribution in [0.25, 0.3) is 0 Å². The van der Waals surface area contributed by atoms with Crippen molar-refractivity contribution < 1.29 is 14.7 Å². The first kappa shape index (κ1) is 18.0. The van der Waals surface area contributed by atoms with Gasteiger partial charge in [0.25, 0.3) is 0 Å². The number of thioether (sulfide) groups is 1. The summed E-state index contributed by atoms with van der Waals surface area (Å²) in [6.07, 6.45) is 1.47. The van der Waals surface area contributed by atoms with E-state index in [-0.39, 0.29) is 17.6 Å². The average Bonchev–Trinajstić information content (AvgIpc) is 2.45. The number of aliphatic carboxylic acids is 1. The molecule has 0 aromatic heterocycles. The van der Waals surface area contributed by atoms with E-state index in [1.165, 1.54) is 11.8 Å². The Kier molecular flexibility index (Phi) is 8.45. The van der Waals surface area contributed by atoms with Gasteiger partial charge in [-0.3, -0.25) is 9.59 Å². The molecule has 0 radical (unpaired) electrons. The lowest BCUT2D eigenvalue weighted by molar-refractivity contribution is -0.134. The van der Waals surface area contributed by atoms with Gasteiger partial charge in [0, 0.05) is 22.7 Å². The molecule has 0 saturated heterocycles. The molecule has 1 atom stereocenters. The lowest BCUT2D eigenvalue weighted by Gasteiger charge is -2.15. The van der Waals surface area contributed by atoms with E-state index in [0.717, 1.165) is 16.5 Å². The third kappa shape index (κ3) is 7.00. The minimum Gasteiger partial charge on any atom is -0.481 e. The van der Waals surface area contributed by atoms with Crippen LogP contribution in [0.1, 0.15) is 18.9 Å². The Morgan fingerprint density at radius 3 is 2.71 bits per heavy atom. The van der Waals surface area contributed by atoms with Gasteiger partial charge < -0.3 is 10.4 Å². The molecule has 0 spiro atoms. The highest BCUT2D eigenvalue weighted by molar-refractivity contribution is 9.10. The van der Waals surface area contributed by atoms with Gasteiger partial charge >= 0.3 is 5.97 Å². The Labute approximate surface area is 137 Å². The molecule has 116 valence electrons. The largest absolute Gasteiger partial charge is 0.481 e. The van der Waals surface area contributed by atoms with Gasteiger partial charge in [0.05, 0.1) is 5.75 Å². The summed E-state index contributed by atoms with van der Waals surface area (Å²) in [5, 5.41) is 11.4. The first-order chi connectivity index (χ1) is 10.0. The fourth-order valence-electron chi connectivity index (χ4n) is 1.90. The number of benzene rings is 1. The van der Waals surface area contributed by atoms with Crippen molar-refractivity contribution in [2.24, 2.45) is 5.92 Å². The molecule has 1 rings (SSSR count). The average molecular weight is 374 g/mol. The van der Waals surface area contributed by atoms with Crippen LogP contribution < -0.4 is 5.32 Å². The van der Waals surface area contributed by atoms with Gasteiger partial charge in [0.2, 0.25) is 5.91 Å². The van der Waals surface area contributed by atoms with Crippen LogP contribution in [0.4, 0.5) is 0 Å². The monoisotopic (exact) mass is 373 g/mol. The van der Waals surface area contributed by atoms with Crippen molar-refractivity contribution in [2.75, 3.05) is 18.1 Å². The van der Waals surface area contributed by atoms with E-state index >= 15 is 0 Å². The Balaban J connectivity index is 2.39. The van der Waals surface area contributed by atoms with Gasteiger partial charge in [-0.05, 0) is 24.5 Å². The number of carbonyl (C=O) groups is 2. The molecule has 1 aromatic carbocycles. The number of carboxylic acid groups (broad SMARTS) is 1. The highest BCUT2D eigenvalue weighted by atomic mass is 79.9. The minimum atomic E-state index is -0.827. The van der Waals surface area contributed by atoms with Crippen LogP contribution in [-0.2, 0) is 16.0 Å². The predicted molar refractivity (Wildman–Crippen MR) is 89.6 cm³/mol. The van der Waals surface area contributed by atoms with Crippen molar-refractivity contribution in [3.8, 4) is 0 Å². The summed E-state index contributed by atoms with van der Waals surface area (Å²) in [6, 6.07) is 7.91. The Morgan fingerprint density at radius 2 is 2.10 bits per heavy atom. The van der Waals surface area contributed by atoms with Gasteiger partial charge in [-0.2, -0.15) is 0 Å². The molecule has 6 heteroatoms. The van der Waals surface area contributed by atoms with E-state index in [1.807, 2.05) is 31.2 Å². The smallest absolute Gasteiger partial charge is 0.313 e. The van der Waals surface area contributed by atoms with Crippen LogP contribution in [-0.4, -0.2) is 35.0 Å². The molecule has 0 heterocycles. The second-order valence-electron chi connectivity index (χ2n) is 4.64. The standard InChI is InChI=1S/C15H20BrNO3S/c1-2-11(9-12-5-3-4-6-13(12)16)15(20)17-7-8-21-10-14(18)19/h3-6,11H,2,7-10H2,1H3,(H,17,20)(H,18,19). The zero-order valence-electron chi connectivity index (χ0n) is 12.0. The van der Waals surface area contributed by atoms with Crippen LogP contribution in [0.3, 0.4) is 0 Å². The third-order valence-electron chi connectivity index (χ3n) is 3.06. The van der Waals surface area contributed by atoms with Crippen molar-refractivity contribution in [1.29, 1.82) is 0 Å². The van der Waals surface area contributed by atoms with Gasteiger partial charge in [-0.1, -0.05) is 41.1 Å². The maximum atomic E-state index is 12.1. The third-order valence-corrected chi connectivity index (χ3v) is 4.78. The number of hydrogen-bond donors (Lipinski definition) is 2. The molecule has 0 aliphatic heterocycles. The highest BCUT2D eigenvalue weighted by Gasteiger charge is 2.17. The zero-order chi connectivity index (χ0) is 15.7. The Bertz CT molecular complexity index is 482. The van der Waals surface area contributed by atoms with E-state index in [9.17, 15) is 9.59 Å². The molecule has 21 heavy (non-hydrogen) atoms. The quantitative estimate of drug-likeness (QED) is 0.653. The summed E-state index contributed by atoms with van der Waals surface area (Å²) < 4.78 is 1.02. The van der Waals surface area contributed by atoms with Gasteiger partial charge in [-0.25, -0.2) is 0 Å². The summed E-state index contributed by atoms with van der Waals surface area (Å²) >= 11 is 4.81. The number of halogens is 1. The minimum absolute atomic E-state index is 0.0316. The van der Waals surface area contributed by atoms with E-state index in [1.54, 1.807) is 0 Å². The summed E-state index contributed by atoms with van der Waals surface area (Å²) in [4.78, 5) is 22.5. The molecule has 0 fully saturated rings. The Morgan fingerprint density at radius 1 is 1.38 bits per heavy atom. The van der Waals surface area contributed by atoms with E-state index in [4.69, 9.17) is 5.11 Å². The molecule has 1 amide bonds. The zero-order valence-corrected chi connectivity index (χ0v) is 14.4. The molecule has 2 N–H and O–H groups in total. The van der Waals surface area contributed by atoms with Crippen molar-refractivity contribution in [1.82, 2.24) is 5.32 Å². The van der Waals surface area contributed by atoms with Gasteiger partial charge in [-0.15, -0.1) is 11.8 Å². The van der Waals surface area contributed by atoms with Crippen molar-refractivity contribution in [3.05, 3.63) is 34.3 Å². The number of rotatable bonds is 9. The molecular formula is C15H20BrNO3S. The van der Waals surface area contributed by atoms with Crippen LogP contribution in [0.15, 0.2) is 28.7 Å². The number of nitrogens with one attached hydrogen (secondary N) is 1.